The standard InChI is InChI=1S/C12H21NO4/c1-8(7-17-3)6-11(14)13(10-4-5-10)9(2)12(15)16/h8-10H,4-7H2,1-3H3,(H,15,16). The number of amides is 1. The van der Waals surface area contributed by atoms with Crippen LogP contribution in [0.15, 0.2) is 0 Å². The van der Waals surface area contributed by atoms with Gasteiger partial charge in [-0.05, 0) is 25.7 Å². The maximum absolute atomic E-state index is 12.1. The molecule has 0 heterocycles. The minimum atomic E-state index is -0.940. The van der Waals surface area contributed by atoms with Crippen LogP contribution in [-0.4, -0.2) is 47.7 Å². The highest BCUT2D eigenvalue weighted by Crippen LogP contribution is 2.30. The molecule has 0 bridgehead atoms. The average Bonchev–Trinajstić information content (AvgIpc) is 3.02. The molecular formula is C12H21NO4. The lowest BCUT2D eigenvalue weighted by molar-refractivity contribution is -0.150. The number of carboxylic acid groups (broad SMARTS) is 1. The van der Waals surface area contributed by atoms with E-state index in [2.05, 4.69) is 0 Å². The van der Waals surface area contributed by atoms with Gasteiger partial charge in [0.25, 0.3) is 0 Å². The van der Waals surface area contributed by atoms with E-state index in [1.54, 1.807) is 14.0 Å². The monoisotopic (exact) mass is 243 g/mol. The van der Waals surface area contributed by atoms with Gasteiger partial charge in [0.15, 0.2) is 0 Å². The minimum absolute atomic E-state index is 0.0769. The first-order chi connectivity index (χ1) is 7.97. The number of carbonyl (C=O) groups is 2. The van der Waals surface area contributed by atoms with Crippen molar-refractivity contribution in [1.82, 2.24) is 4.90 Å². The lowest BCUT2D eigenvalue weighted by Gasteiger charge is -2.27. The van der Waals surface area contributed by atoms with Crippen LogP contribution in [0.2, 0.25) is 0 Å². The van der Waals surface area contributed by atoms with Gasteiger partial charge in [-0.1, -0.05) is 6.92 Å². The number of hydrogen-bond donors (Lipinski definition) is 1. The van der Waals surface area contributed by atoms with E-state index in [9.17, 15) is 9.59 Å². The normalized spacial score (nSPS) is 18.5. The van der Waals surface area contributed by atoms with Gasteiger partial charge in [0.1, 0.15) is 6.04 Å². The Morgan fingerprint density at radius 2 is 2.00 bits per heavy atom. The summed E-state index contributed by atoms with van der Waals surface area (Å²) in [5.41, 5.74) is 0. The molecule has 0 aromatic heterocycles. The number of carbonyl (C=O) groups excluding carboxylic acids is 1. The zero-order chi connectivity index (χ0) is 13.0. The molecule has 1 saturated carbocycles. The summed E-state index contributed by atoms with van der Waals surface area (Å²) < 4.78 is 4.98. The number of rotatable bonds is 7. The minimum Gasteiger partial charge on any atom is -0.480 e. The third kappa shape index (κ3) is 4.00. The van der Waals surface area contributed by atoms with Crippen molar-refractivity contribution in [3.8, 4) is 0 Å². The topological polar surface area (TPSA) is 66.8 Å². The van der Waals surface area contributed by atoms with E-state index in [4.69, 9.17) is 9.84 Å². The number of carboxylic acids is 1. The van der Waals surface area contributed by atoms with Crippen molar-refractivity contribution in [2.24, 2.45) is 5.92 Å². The second-order valence-corrected chi connectivity index (χ2v) is 4.81. The number of hydrogen-bond acceptors (Lipinski definition) is 3. The summed E-state index contributed by atoms with van der Waals surface area (Å²) in [5, 5.41) is 9.00. The number of methoxy groups -OCH3 is 1. The van der Waals surface area contributed by atoms with Gasteiger partial charge >= 0.3 is 5.97 Å². The van der Waals surface area contributed by atoms with Gasteiger partial charge in [-0.15, -0.1) is 0 Å². The molecule has 1 fully saturated rings. The molecule has 0 aromatic carbocycles. The lowest BCUT2D eigenvalue weighted by Crippen LogP contribution is -2.45. The molecule has 0 radical (unpaired) electrons. The summed E-state index contributed by atoms with van der Waals surface area (Å²) in [6.45, 7) is 4.02. The molecule has 2 unspecified atom stereocenters. The quantitative estimate of drug-likeness (QED) is 0.727. The third-order valence-corrected chi connectivity index (χ3v) is 2.98. The van der Waals surface area contributed by atoms with Gasteiger partial charge in [0, 0.05) is 26.2 Å². The highest BCUT2D eigenvalue weighted by molar-refractivity contribution is 5.84. The van der Waals surface area contributed by atoms with Gasteiger partial charge in [0.05, 0.1) is 0 Å². The van der Waals surface area contributed by atoms with Crippen LogP contribution in [0.1, 0.15) is 33.1 Å². The molecular weight excluding hydrogens is 222 g/mol. The first-order valence-electron chi connectivity index (χ1n) is 6.00. The smallest absolute Gasteiger partial charge is 0.326 e. The van der Waals surface area contributed by atoms with Gasteiger partial charge in [-0.2, -0.15) is 0 Å². The molecule has 0 aromatic rings. The Labute approximate surface area is 102 Å². The Morgan fingerprint density at radius 1 is 1.41 bits per heavy atom. The van der Waals surface area contributed by atoms with Crippen molar-refractivity contribution in [2.45, 2.75) is 45.2 Å². The van der Waals surface area contributed by atoms with Crippen molar-refractivity contribution >= 4 is 11.9 Å². The molecule has 5 heteroatoms. The molecule has 0 saturated heterocycles. The molecule has 1 N–H and O–H groups in total. The van der Waals surface area contributed by atoms with E-state index >= 15 is 0 Å². The SMILES string of the molecule is COCC(C)CC(=O)N(C1CC1)C(C)C(=O)O. The van der Waals surface area contributed by atoms with Crippen molar-refractivity contribution in [1.29, 1.82) is 0 Å². The van der Waals surface area contributed by atoms with E-state index < -0.39 is 12.0 Å². The Morgan fingerprint density at radius 3 is 2.41 bits per heavy atom. The van der Waals surface area contributed by atoms with E-state index in [-0.39, 0.29) is 17.9 Å². The Kier molecular flexibility index (Phi) is 4.93. The van der Waals surface area contributed by atoms with Crippen molar-refractivity contribution in [3.63, 3.8) is 0 Å². The molecule has 17 heavy (non-hydrogen) atoms. The molecule has 0 spiro atoms. The third-order valence-electron chi connectivity index (χ3n) is 2.98. The van der Waals surface area contributed by atoms with E-state index in [0.717, 1.165) is 12.8 Å². The summed E-state index contributed by atoms with van der Waals surface area (Å²) >= 11 is 0. The Hall–Kier alpha value is -1.10. The van der Waals surface area contributed by atoms with Crippen LogP contribution in [0, 0.1) is 5.92 Å². The second kappa shape index (κ2) is 6.00. The van der Waals surface area contributed by atoms with Crippen LogP contribution < -0.4 is 0 Å². The van der Waals surface area contributed by atoms with Crippen molar-refractivity contribution in [3.05, 3.63) is 0 Å². The van der Waals surface area contributed by atoms with Crippen LogP contribution in [0.3, 0.4) is 0 Å². The highest BCUT2D eigenvalue weighted by atomic mass is 16.5. The molecule has 1 amide bonds. The second-order valence-electron chi connectivity index (χ2n) is 4.81. The summed E-state index contributed by atoms with van der Waals surface area (Å²) in [4.78, 5) is 24.6. The predicted octanol–water partition coefficient (Wildman–Crippen LogP) is 1.12. The number of nitrogens with zero attached hydrogens (tertiary/aromatic N) is 1. The Balaban J connectivity index is 2.58. The van der Waals surface area contributed by atoms with Crippen LogP contribution in [0.25, 0.3) is 0 Å². The summed E-state index contributed by atoms with van der Waals surface area (Å²) in [6.07, 6.45) is 2.19. The molecule has 0 aliphatic heterocycles. The zero-order valence-electron chi connectivity index (χ0n) is 10.7. The lowest BCUT2D eigenvalue weighted by atomic mass is 10.1. The van der Waals surface area contributed by atoms with Crippen LogP contribution in [-0.2, 0) is 14.3 Å². The highest BCUT2D eigenvalue weighted by Gasteiger charge is 2.38. The molecule has 2 atom stereocenters. The molecule has 5 nitrogen and oxygen atoms in total. The van der Waals surface area contributed by atoms with Crippen LogP contribution >= 0.6 is 0 Å². The number of aliphatic carboxylic acids is 1. The molecule has 1 aliphatic carbocycles. The largest absolute Gasteiger partial charge is 0.480 e. The fourth-order valence-electron chi connectivity index (χ4n) is 1.95. The van der Waals surface area contributed by atoms with E-state index in [1.165, 1.54) is 4.90 Å². The predicted molar refractivity (Wildman–Crippen MR) is 62.6 cm³/mol. The molecule has 98 valence electrons. The van der Waals surface area contributed by atoms with Gasteiger partial charge in [-0.25, -0.2) is 4.79 Å². The van der Waals surface area contributed by atoms with E-state index in [1.807, 2.05) is 6.92 Å². The maximum atomic E-state index is 12.1. The fourth-order valence-corrected chi connectivity index (χ4v) is 1.95. The number of ether oxygens (including phenoxy) is 1. The van der Waals surface area contributed by atoms with Crippen LogP contribution in [0.5, 0.6) is 0 Å². The zero-order valence-corrected chi connectivity index (χ0v) is 10.7. The summed E-state index contributed by atoms with van der Waals surface area (Å²) in [6, 6.07) is -0.604. The Bertz CT molecular complexity index is 288. The molecule has 1 rings (SSSR count). The van der Waals surface area contributed by atoms with Crippen molar-refractivity contribution in [2.75, 3.05) is 13.7 Å². The van der Waals surface area contributed by atoms with Gasteiger partial charge in [0.2, 0.25) is 5.91 Å². The fraction of sp³-hybridized carbons (Fsp3) is 0.833. The summed E-state index contributed by atoms with van der Waals surface area (Å²) in [7, 11) is 1.60. The van der Waals surface area contributed by atoms with Gasteiger partial charge < -0.3 is 14.7 Å². The van der Waals surface area contributed by atoms with Crippen molar-refractivity contribution < 1.29 is 19.4 Å². The first kappa shape index (κ1) is 14.0. The summed E-state index contributed by atoms with van der Waals surface area (Å²) in [5.74, 6) is -0.897. The van der Waals surface area contributed by atoms with Crippen LogP contribution in [0.4, 0.5) is 0 Å². The van der Waals surface area contributed by atoms with Gasteiger partial charge in [-0.3, -0.25) is 4.79 Å². The molecule has 1 aliphatic rings. The van der Waals surface area contributed by atoms with E-state index in [0.29, 0.717) is 13.0 Å². The first-order valence-corrected chi connectivity index (χ1v) is 6.00. The maximum Gasteiger partial charge on any atom is 0.326 e. The average molecular weight is 243 g/mol.